The molecule has 4 nitrogen and oxygen atoms in total. The van der Waals surface area contributed by atoms with Gasteiger partial charge in [0.2, 0.25) is 0 Å². The first-order valence-corrected chi connectivity index (χ1v) is 7.04. The highest BCUT2D eigenvalue weighted by atomic mass is 15.4. The van der Waals surface area contributed by atoms with Gasteiger partial charge in [-0.2, -0.15) is 0 Å². The summed E-state index contributed by atoms with van der Waals surface area (Å²) in [6.45, 7) is 2.93. The van der Waals surface area contributed by atoms with E-state index in [1.54, 1.807) is 0 Å². The van der Waals surface area contributed by atoms with E-state index in [2.05, 4.69) is 35.4 Å². The number of nitrogens with zero attached hydrogens (tertiary/aromatic N) is 3. The summed E-state index contributed by atoms with van der Waals surface area (Å²) in [5.41, 5.74) is 9.01. The van der Waals surface area contributed by atoms with Crippen LogP contribution in [0.15, 0.2) is 30.5 Å². The van der Waals surface area contributed by atoms with Crippen molar-refractivity contribution in [2.75, 3.05) is 6.54 Å². The molecular formula is C15H22N4. The first-order chi connectivity index (χ1) is 9.35. The van der Waals surface area contributed by atoms with Crippen molar-refractivity contribution in [3.05, 3.63) is 41.7 Å². The van der Waals surface area contributed by atoms with Gasteiger partial charge in [0.15, 0.2) is 0 Å². The Kier molecular flexibility index (Phi) is 5.10. The minimum atomic E-state index is 0.744. The third kappa shape index (κ3) is 3.64. The molecular weight excluding hydrogens is 236 g/mol. The fraction of sp³-hybridized carbons (Fsp3) is 0.467. The predicted octanol–water partition coefficient (Wildman–Crippen LogP) is 2.50. The van der Waals surface area contributed by atoms with Gasteiger partial charge in [-0.1, -0.05) is 36.8 Å². The third-order valence-electron chi connectivity index (χ3n) is 3.19. The third-order valence-corrected chi connectivity index (χ3v) is 3.19. The Balaban J connectivity index is 2.13. The van der Waals surface area contributed by atoms with Crippen LogP contribution in [0.5, 0.6) is 0 Å². The summed E-state index contributed by atoms with van der Waals surface area (Å²) in [7, 11) is 0. The molecule has 0 unspecified atom stereocenters. The Morgan fingerprint density at radius 1 is 1.16 bits per heavy atom. The van der Waals surface area contributed by atoms with Crippen molar-refractivity contribution in [3.8, 4) is 5.69 Å². The Hall–Kier alpha value is -1.68. The number of nitrogens with two attached hydrogens (primary N) is 1. The van der Waals surface area contributed by atoms with Crippen molar-refractivity contribution in [3.63, 3.8) is 0 Å². The van der Waals surface area contributed by atoms with Gasteiger partial charge in [-0.3, -0.25) is 0 Å². The van der Waals surface area contributed by atoms with Crippen molar-refractivity contribution in [1.82, 2.24) is 15.0 Å². The van der Waals surface area contributed by atoms with Crippen LogP contribution in [0.2, 0.25) is 0 Å². The number of hydrogen-bond acceptors (Lipinski definition) is 3. The molecule has 102 valence electrons. The standard InChI is InChI=1S/C15H22N4/c1-2-7-13-8-3-4-10-15(13)19-12-14(17-18-19)9-5-6-11-16/h3-4,8,10,12H,2,5-7,9,11,16H2,1H3. The lowest BCUT2D eigenvalue weighted by Gasteiger charge is -2.07. The predicted molar refractivity (Wildman–Crippen MR) is 77.3 cm³/mol. The molecule has 0 fully saturated rings. The Morgan fingerprint density at radius 2 is 2.00 bits per heavy atom. The van der Waals surface area contributed by atoms with Gasteiger partial charge < -0.3 is 5.73 Å². The van der Waals surface area contributed by atoms with E-state index in [-0.39, 0.29) is 0 Å². The quantitative estimate of drug-likeness (QED) is 0.776. The monoisotopic (exact) mass is 258 g/mol. The van der Waals surface area contributed by atoms with Gasteiger partial charge in [0.25, 0.3) is 0 Å². The van der Waals surface area contributed by atoms with Gasteiger partial charge in [-0.15, -0.1) is 5.10 Å². The summed E-state index contributed by atoms with van der Waals surface area (Å²) in [6.07, 6.45) is 7.30. The minimum Gasteiger partial charge on any atom is -0.330 e. The summed E-state index contributed by atoms with van der Waals surface area (Å²) >= 11 is 0. The highest BCUT2D eigenvalue weighted by Gasteiger charge is 2.06. The fourth-order valence-corrected chi connectivity index (χ4v) is 2.20. The van der Waals surface area contributed by atoms with Gasteiger partial charge >= 0.3 is 0 Å². The average Bonchev–Trinajstić information content (AvgIpc) is 2.89. The molecule has 0 bridgehead atoms. The van der Waals surface area contributed by atoms with Crippen molar-refractivity contribution >= 4 is 0 Å². The fourth-order valence-electron chi connectivity index (χ4n) is 2.20. The molecule has 0 radical (unpaired) electrons. The topological polar surface area (TPSA) is 56.7 Å². The summed E-state index contributed by atoms with van der Waals surface area (Å²) in [4.78, 5) is 0. The number of para-hydroxylation sites is 1. The molecule has 0 aliphatic carbocycles. The molecule has 2 N–H and O–H groups in total. The molecule has 0 aliphatic rings. The van der Waals surface area contributed by atoms with Crippen molar-refractivity contribution in [2.45, 2.75) is 39.0 Å². The second-order valence-electron chi connectivity index (χ2n) is 4.78. The number of benzene rings is 1. The summed E-state index contributed by atoms with van der Waals surface area (Å²) in [6, 6.07) is 8.38. The first kappa shape index (κ1) is 13.7. The SMILES string of the molecule is CCCc1ccccc1-n1cc(CCCCN)nn1. The number of rotatable bonds is 7. The Morgan fingerprint density at radius 3 is 2.79 bits per heavy atom. The van der Waals surface area contributed by atoms with E-state index in [1.807, 2.05) is 16.9 Å². The van der Waals surface area contributed by atoms with Gasteiger partial charge in [0.05, 0.1) is 17.6 Å². The number of aromatic nitrogens is 3. The van der Waals surface area contributed by atoms with E-state index in [4.69, 9.17) is 5.73 Å². The number of unbranched alkanes of at least 4 members (excludes halogenated alkanes) is 1. The van der Waals surface area contributed by atoms with Crippen LogP contribution in [0, 0.1) is 0 Å². The molecule has 2 aromatic rings. The van der Waals surface area contributed by atoms with E-state index in [0.717, 1.165) is 50.0 Å². The smallest absolute Gasteiger partial charge is 0.0831 e. The molecule has 0 spiro atoms. The maximum Gasteiger partial charge on any atom is 0.0831 e. The highest BCUT2D eigenvalue weighted by Crippen LogP contribution is 2.15. The van der Waals surface area contributed by atoms with Crippen molar-refractivity contribution in [1.29, 1.82) is 0 Å². The second kappa shape index (κ2) is 7.04. The zero-order valence-corrected chi connectivity index (χ0v) is 11.5. The lowest BCUT2D eigenvalue weighted by molar-refractivity contribution is 0.726. The normalized spacial score (nSPS) is 10.8. The molecule has 2 rings (SSSR count). The molecule has 19 heavy (non-hydrogen) atoms. The average molecular weight is 258 g/mol. The molecule has 1 aromatic carbocycles. The Labute approximate surface area is 114 Å². The van der Waals surface area contributed by atoms with Gasteiger partial charge in [0.1, 0.15) is 0 Å². The largest absolute Gasteiger partial charge is 0.330 e. The molecule has 1 aromatic heterocycles. The molecule has 0 saturated heterocycles. The van der Waals surface area contributed by atoms with Crippen LogP contribution < -0.4 is 5.73 Å². The summed E-state index contributed by atoms with van der Waals surface area (Å²) in [5, 5.41) is 8.48. The summed E-state index contributed by atoms with van der Waals surface area (Å²) in [5.74, 6) is 0. The maximum absolute atomic E-state index is 5.50. The van der Waals surface area contributed by atoms with E-state index in [0.29, 0.717) is 0 Å². The number of hydrogen-bond donors (Lipinski definition) is 1. The minimum absolute atomic E-state index is 0.744. The first-order valence-electron chi connectivity index (χ1n) is 7.04. The van der Waals surface area contributed by atoms with Crippen molar-refractivity contribution < 1.29 is 0 Å². The number of aryl methyl sites for hydroxylation is 2. The maximum atomic E-state index is 5.50. The molecule has 0 saturated carbocycles. The molecule has 4 heteroatoms. The highest BCUT2D eigenvalue weighted by molar-refractivity contribution is 5.40. The van der Waals surface area contributed by atoms with Gasteiger partial charge in [-0.25, -0.2) is 4.68 Å². The Bertz CT molecular complexity index is 504. The molecule has 0 aliphatic heterocycles. The molecule has 0 amide bonds. The van der Waals surface area contributed by atoms with Crippen LogP contribution in [0.25, 0.3) is 5.69 Å². The van der Waals surface area contributed by atoms with E-state index >= 15 is 0 Å². The van der Waals surface area contributed by atoms with E-state index < -0.39 is 0 Å². The van der Waals surface area contributed by atoms with Gasteiger partial charge in [-0.05, 0) is 43.9 Å². The van der Waals surface area contributed by atoms with Crippen LogP contribution in [-0.2, 0) is 12.8 Å². The lowest BCUT2D eigenvalue weighted by Crippen LogP contribution is -2.00. The van der Waals surface area contributed by atoms with Crippen molar-refractivity contribution in [2.24, 2.45) is 5.73 Å². The van der Waals surface area contributed by atoms with Gasteiger partial charge in [0, 0.05) is 0 Å². The van der Waals surface area contributed by atoms with Crippen LogP contribution in [-0.4, -0.2) is 21.5 Å². The van der Waals surface area contributed by atoms with E-state index in [1.165, 1.54) is 5.56 Å². The van der Waals surface area contributed by atoms with Crippen LogP contribution >= 0.6 is 0 Å². The molecule has 1 heterocycles. The van der Waals surface area contributed by atoms with Crippen LogP contribution in [0.3, 0.4) is 0 Å². The van der Waals surface area contributed by atoms with Crippen LogP contribution in [0.4, 0.5) is 0 Å². The lowest BCUT2D eigenvalue weighted by atomic mass is 10.1. The zero-order chi connectivity index (χ0) is 13.5. The summed E-state index contributed by atoms with van der Waals surface area (Å²) < 4.78 is 1.89. The zero-order valence-electron chi connectivity index (χ0n) is 11.5. The second-order valence-corrected chi connectivity index (χ2v) is 4.78. The molecule has 0 atom stereocenters. The van der Waals surface area contributed by atoms with Crippen LogP contribution in [0.1, 0.15) is 37.4 Å². The van der Waals surface area contributed by atoms with E-state index in [9.17, 15) is 0 Å².